The standard InChI is InChI=1S/C29H33N3O2.C3H6.C2H4/c1-5-22(6-2)11-12-24(7-3)28-19-26(31-32(28)20-23-13-15-30-16-14-23)18-27(29(33)34)25-10-8-9-21(4)17-25;1-3-2;1-2/h5,7-17,19,27H,6,18,20H2,1-4H3,(H,33,34);3H,1H2,2H3;1-2H2/b12-11-,22-5+,24-7+;;. The third kappa shape index (κ3) is 10.6. The van der Waals surface area contributed by atoms with Gasteiger partial charge in [-0.25, -0.2) is 0 Å². The average Bonchev–Trinajstić information content (AvgIpc) is 3.33. The quantitative estimate of drug-likeness (QED) is 0.213. The zero-order valence-electron chi connectivity index (χ0n) is 24.1. The van der Waals surface area contributed by atoms with Crippen molar-refractivity contribution in [1.29, 1.82) is 0 Å². The number of allylic oxidation sites excluding steroid dienone is 7. The lowest BCUT2D eigenvalue weighted by atomic mass is 9.93. The third-order valence-corrected chi connectivity index (χ3v) is 5.93. The summed E-state index contributed by atoms with van der Waals surface area (Å²) in [6.07, 6.45) is 15.0. The molecular formula is C34H43N3O2. The minimum Gasteiger partial charge on any atom is -0.481 e. The second-order valence-electron chi connectivity index (χ2n) is 8.75. The number of rotatable bonds is 10. The topological polar surface area (TPSA) is 68.0 Å². The van der Waals surface area contributed by atoms with Gasteiger partial charge >= 0.3 is 5.97 Å². The largest absolute Gasteiger partial charge is 0.481 e. The van der Waals surface area contributed by atoms with Crippen molar-refractivity contribution >= 4 is 11.5 Å². The number of carboxylic acid groups (broad SMARTS) is 1. The monoisotopic (exact) mass is 525 g/mol. The van der Waals surface area contributed by atoms with Crippen LogP contribution in [0.15, 0.2) is 111 Å². The third-order valence-electron chi connectivity index (χ3n) is 5.93. The number of aliphatic carboxylic acids is 1. The molecule has 3 rings (SSSR count). The molecule has 39 heavy (non-hydrogen) atoms. The zero-order valence-corrected chi connectivity index (χ0v) is 24.1. The number of benzene rings is 1. The number of aromatic nitrogens is 3. The maximum Gasteiger partial charge on any atom is 0.311 e. The van der Waals surface area contributed by atoms with Crippen LogP contribution < -0.4 is 0 Å². The van der Waals surface area contributed by atoms with Crippen LogP contribution in [0.25, 0.3) is 5.57 Å². The van der Waals surface area contributed by atoms with Gasteiger partial charge in [-0.05, 0) is 69.0 Å². The first-order valence-electron chi connectivity index (χ1n) is 13.2. The summed E-state index contributed by atoms with van der Waals surface area (Å²) in [5.41, 5.74) is 6.95. The first-order chi connectivity index (χ1) is 18.9. The van der Waals surface area contributed by atoms with Crippen LogP contribution in [0.1, 0.15) is 68.1 Å². The van der Waals surface area contributed by atoms with Crippen molar-refractivity contribution in [2.24, 2.45) is 0 Å². The molecule has 0 saturated carbocycles. The first kappa shape index (κ1) is 32.8. The van der Waals surface area contributed by atoms with E-state index in [1.54, 1.807) is 18.5 Å². The second kappa shape index (κ2) is 18.1. The number of pyridine rings is 1. The number of carbonyl (C=O) groups is 1. The van der Waals surface area contributed by atoms with E-state index in [-0.39, 0.29) is 0 Å². The summed E-state index contributed by atoms with van der Waals surface area (Å²) in [5.74, 6) is -1.50. The molecule has 0 spiro atoms. The van der Waals surface area contributed by atoms with Crippen LogP contribution in [0, 0.1) is 6.92 Å². The minimum atomic E-state index is -0.845. The highest BCUT2D eigenvalue weighted by atomic mass is 16.4. The highest BCUT2D eigenvalue weighted by molar-refractivity contribution is 5.77. The summed E-state index contributed by atoms with van der Waals surface area (Å²) in [4.78, 5) is 16.3. The van der Waals surface area contributed by atoms with Gasteiger partial charge in [0.25, 0.3) is 0 Å². The van der Waals surface area contributed by atoms with Crippen molar-refractivity contribution < 1.29 is 9.90 Å². The number of aryl methyl sites for hydroxylation is 1. The molecule has 2 aromatic heterocycles. The van der Waals surface area contributed by atoms with E-state index in [9.17, 15) is 9.90 Å². The van der Waals surface area contributed by atoms with Gasteiger partial charge in [-0.15, -0.1) is 19.7 Å². The van der Waals surface area contributed by atoms with Gasteiger partial charge in [0.05, 0.1) is 23.9 Å². The summed E-state index contributed by atoms with van der Waals surface area (Å²) >= 11 is 0. The fraction of sp³-hybridized carbons (Fsp3) is 0.265. The second-order valence-corrected chi connectivity index (χ2v) is 8.75. The predicted molar refractivity (Wildman–Crippen MR) is 165 cm³/mol. The summed E-state index contributed by atoms with van der Waals surface area (Å²) in [6.45, 7) is 20.0. The van der Waals surface area contributed by atoms with E-state index in [4.69, 9.17) is 5.10 Å². The minimum absolute atomic E-state index is 0.324. The molecule has 0 aliphatic heterocycles. The van der Waals surface area contributed by atoms with Gasteiger partial charge < -0.3 is 5.11 Å². The maximum atomic E-state index is 12.2. The Labute approximate surface area is 234 Å². The Morgan fingerprint density at radius 3 is 2.26 bits per heavy atom. The van der Waals surface area contributed by atoms with E-state index in [0.29, 0.717) is 13.0 Å². The van der Waals surface area contributed by atoms with Crippen LogP contribution in [0.5, 0.6) is 0 Å². The number of nitrogens with zero attached hydrogens (tertiary/aromatic N) is 3. The molecule has 0 bridgehead atoms. The van der Waals surface area contributed by atoms with E-state index in [0.717, 1.165) is 40.1 Å². The Morgan fingerprint density at radius 2 is 1.72 bits per heavy atom. The predicted octanol–water partition coefficient (Wildman–Crippen LogP) is 8.36. The molecule has 0 aliphatic carbocycles. The van der Waals surface area contributed by atoms with Crippen LogP contribution in [-0.4, -0.2) is 25.8 Å². The fourth-order valence-electron chi connectivity index (χ4n) is 3.97. The van der Waals surface area contributed by atoms with Crippen LogP contribution >= 0.6 is 0 Å². The van der Waals surface area contributed by atoms with Crippen LogP contribution in [-0.2, 0) is 17.8 Å². The van der Waals surface area contributed by atoms with E-state index < -0.39 is 11.9 Å². The Morgan fingerprint density at radius 1 is 1.05 bits per heavy atom. The number of hydrogen-bond donors (Lipinski definition) is 1. The molecule has 2 heterocycles. The molecular weight excluding hydrogens is 482 g/mol. The molecule has 0 fully saturated rings. The normalized spacial score (nSPS) is 12.1. The summed E-state index contributed by atoms with van der Waals surface area (Å²) in [6, 6.07) is 13.7. The Balaban J connectivity index is 0.00000142. The van der Waals surface area contributed by atoms with Crippen LogP contribution in [0.2, 0.25) is 0 Å². The molecule has 1 N–H and O–H groups in total. The van der Waals surface area contributed by atoms with Gasteiger partial charge in [-0.1, -0.05) is 72.7 Å². The van der Waals surface area contributed by atoms with Crippen LogP contribution in [0.4, 0.5) is 0 Å². The molecule has 1 aromatic carbocycles. The van der Waals surface area contributed by atoms with Crippen molar-refractivity contribution in [1.82, 2.24) is 14.8 Å². The number of hydrogen-bond acceptors (Lipinski definition) is 3. The molecule has 0 radical (unpaired) electrons. The first-order valence-corrected chi connectivity index (χ1v) is 13.2. The van der Waals surface area contributed by atoms with Crippen molar-refractivity contribution in [3.63, 3.8) is 0 Å². The lowest BCUT2D eigenvalue weighted by Crippen LogP contribution is -2.15. The average molecular weight is 526 g/mol. The highest BCUT2D eigenvalue weighted by Crippen LogP contribution is 2.26. The Hall–Kier alpha value is -4.25. The van der Waals surface area contributed by atoms with Gasteiger partial charge in [0.15, 0.2) is 0 Å². The van der Waals surface area contributed by atoms with Gasteiger partial charge in [0.2, 0.25) is 0 Å². The van der Waals surface area contributed by atoms with E-state index >= 15 is 0 Å². The van der Waals surface area contributed by atoms with E-state index in [2.05, 4.69) is 55.9 Å². The van der Waals surface area contributed by atoms with Crippen LogP contribution in [0.3, 0.4) is 0 Å². The molecule has 5 heteroatoms. The molecule has 1 atom stereocenters. The molecule has 0 amide bonds. The highest BCUT2D eigenvalue weighted by Gasteiger charge is 2.23. The maximum absolute atomic E-state index is 12.2. The molecule has 0 aliphatic rings. The van der Waals surface area contributed by atoms with Crippen molar-refractivity contribution in [2.75, 3.05) is 0 Å². The fourth-order valence-corrected chi connectivity index (χ4v) is 3.97. The van der Waals surface area contributed by atoms with Crippen molar-refractivity contribution in [2.45, 2.75) is 59.9 Å². The molecule has 3 aromatic rings. The SMILES string of the molecule is C/C=C(/C=C\C(=C/C)c1cc(CC(C(=O)O)c2cccc(C)c2)nn1Cc1ccncc1)CC.C=C.C=CC. The Kier molecular flexibility index (Phi) is 15.2. The summed E-state index contributed by atoms with van der Waals surface area (Å²) in [5, 5.41) is 14.8. The van der Waals surface area contributed by atoms with E-state index in [1.165, 1.54) is 5.57 Å². The van der Waals surface area contributed by atoms with E-state index in [1.807, 2.05) is 74.8 Å². The molecule has 206 valence electrons. The molecule has 0 saturated heterocycles. The van der Waals surface area contributed by atoms with Gasteiger partial charge in [0.1, 0.15) is 0 Å². The number of carboxylic acids is 1. The zero-order chi connectivity index (χ0) is 29.2. The summed E-state index contributed by atoms with van der Waals surface area (Å²) < 4.78 is 1.96. The summed E-state index contributed by atoms with van der Waals surface area (Å²) in [7, 11) is 0. The smallest absolute Gasteiger partial charge is 0.311 e. The van der Waals surface area contributed by atoms with Gasteiger partial charge in [0, 0.05) is 18.8 Å². The van der Waals surface area contributed by atoms with Gasteiger partial charge in [-0.3, -0.25) is 14.5 Å². The Bertz CT molecular complexity index is 1270. The van der Waals surface area contributed by atoms with Crippen molar-refractivity contribution in [3.8, 4) is 0 Å². The lowest BCUT2D eigenvalue weighted by molar-refractivity contribution is -0.138. The molecule has 1 unspecified atom stereocenters. The van der Waals surface area contributed by atoms with Gasteiger partial charge in [-0.2, -0.15) is 5.10 Å². The lowest BCUT2D eigenvalue weighted by Gasteiger charge is -2.12. The molecule has 5 nitrogen and oxygen atoms in total. The van der Waals surface area contributed by atoms with Crippen molar-refractivity contribution in [3.05, 3.63) is 139 Å².